The Bertz CT molecular complexity index is 794. The molecule has 27 heavy (non-hydrogen) atoms. The van der Waals surface area contributed by atoms with Crippen molar-refractivity contribution < 1.29 is 14.3 Å². The molecule has 0 unspecified atom stereocenters. The number of rotatable bonds is 5. The summed E-state index contributed by atoms with van der Waals surface area (Å²) in [6, 6.07) is 7.23. The molecule has 7 nitrogen and oxygen atoms in total. The standard InChI is InChI=1S/C17H19ClN4O3S2/c1-11(27-13-4-2-12(18)3-5-13)15(23)20-21-16(24)14-10-26-17(19-14)22-6-8-25-9-7-22/h2-5,10-11H,6-9H2,1H3,(H,20,23)(H,21,24)/t11-/m0/s1. The second kappa shape index (κ2) is 9.41. The first-order chi connectivity index (χ1) is 13.0. The van der Waals surface area contributed by atoms with Crippen LogP contribution in [0, 0.1) is 0 Å². The number of hydrogen-bond acceptors (Lipinski definition) is 7. The van der Waals surface area contributed by atoms with Gasteiger partial charge in [0.05, 0.1) is 18.5 Å². The Hall–Kier alpha value is -1.81. The molecule has 0 spiro atoms. The van der Waals surface area contributed by atoms with Gasteiger partial charge in [0.2, 0.25) is 0 Å². The van der Waals surface area contributed by atoms with Crippen molar-refractivity contribution in [1.82, 2.24) is 15.8 Å². The highest BCUT2D eigenvalue weighted by Gasteiger charge is 2.19. The Balaban J connectivity index is 1.48. The second-order valence-electron chi connectivity index (χ2n) is 5.77. The third kappa shape index (κ3) is 5.58. The van der Waals surface area contributed by atoms with E-state index in [0.29, 0.717) is 18.2 Å². The summed E-state index contributed by atoms with van der Waals surface area (Å²) in [5.41, 5.74) is 5.14. The number of halogens is 1. The number of anilines is 1. The third-order valence-electron chi connectivity index (χ3n) is 3.80. The fourth-order valence-corrected chi connectivity index (χ4v) is 4.18. The van der Waals surface area contributed by atoms with Gasteiger partial charge in [-0.3, -0.25) is 20.4 Å². The van der Waals surface area contributed by atoms with E-state index in [1.54, 1.807) is 24.4 Å². The van der Waals surface area contributed by atoms with Gasteiger partial charge in [-0.2, -0.15) is 0 Å². The molecular formula is C17H19ClN4O3S2. The van der Waals surface area contributed by atoms with Gasteiger partial charge in [-0.05, 0) is 31.2 Å². The molecular weight excluding hydrogens is 408 g/mol. The van der Waals surface area contributed by atoms with Crippen LogP contribution in [0.25, 0.3) is 0 Å². The minimum Gasteiger partial charge on any atom is -0.378 e. The molecule has 1 aromatic carbocycles. The number of nitrogens with one attached hydrogen (secondary N) is 2. The number of nitrogens with zero attached hydrogens (tertiary/aromatic N) is 2. The first-order valence-corrected chi connectivity index (χ1v) is 10.5. The van der Waals surface area contributed by atoms with Crippen LogP contribution in [-0.2, 0) is 9.53 Å². The highest BCUT2D eigenvalue weighted by atomic mass is 35.5. The molecule has 0 radical (unpaired) electrons. The van der Waals surface area contributed by atoms with Crippen molar-refractivity contribution in [2.45, 2.75) is 17.1 Å². The molecule has 2 amide bonds. The number of morpholine rings is 1. The quantitative estimate of drug-likeness (QED) is 0.564. The lowest BCUT2D eigenvalue weighted by molar-refractivity contribution is -0.121. The summed E-state index contributed by atoms with van der Waals surface area (Å²) in [4.78, 5) is 31.7. The van der Waals surface area contributed by atoms with E-state index in [0.717, 1.165) is 23.1 Å². The van der Waals surface area contributed by atoms with E-state index in [4.69, 9.17) is 16.3 Å². The van der Waals surface area contributed by atoms with Gasteiger partial charge in [0.1, 0.15) is 5.69 Å². The molecule has 1 fully saturated rings. The average Bonchev–Trinajstić information content (AvgIpc) is 3.18. The van der Waals surface area contributed by atoms with Crippen LogP contribution in [0.5, 0.6) is 0 Å². The first-order valence-electron chi connectivity index (χ1n) is 8.33. The Labute approximate surface area is 170 Å². The Kier molecular flexibility index (Phi) is 6.95. The predicted octanol–water partition coefficient (Wildman–Crippen LogP) is 2.57. The largest absolute Gasteiger partial charge is 0.378 e. The summed E-state index contributed by atoms with van der Waals surface area (Å²) < 4.78 is 5.31. The van der Waals surface area contributed by atoms with Crippen LogP contribution < -0.4 is 15.8 Å². The zero-order valence-corrected chi connectivity index (χ0v) is 17.0. The van der Waals surface area contributed by atoms with Crippen LogP contribution >= 0.6 is 34.7 Å². The zero-order valence-electron chi connectivity index (χ0n) is 14.6. The molecule has 0 aliphatic carbocycles. The fraction of sp³-hybridized carbons (Fsp3) is 0.353. The van der Waals surface area contributed by atoms with E-state index in [1.165, 1.54) is 23.1 Å². The molecule has 1 saturated heterocycles. The van der Waals surface area contributed by atoms with E-state index in [2.05, 4.69) is 20.7 Å². The third-order valence-corrected chi connectivity index (χ3v) is 6.07. The molecule has 144 valence electrons. The van der Waals surface area contributed by atoms with E-state index < -0.39 is 5.91 Å². The van der Waals surface area contributed by atoms with Gasteiger partial charge in [-0.1, -0.05) is 11.6 Å². The summed E-state index contributed by atoms with van der Waals surface area (Å²) in [7, 11) is 0. The van der Waals surface area contributed by atoms with Gasteiger partial charge < -0.3 is 9.64 Å². The number of amides is 2. The Morgan fingerprint density at radius 2 is 1.96 bits per heavy atom. The summed E-state index contributed by atoms with van der Waals surface area (Å²) in [6.07, 6.45) is 0. The second-order valence-corrected chi connectivity index (χ2v) is 8.46. The SMILES string of the molecule is C[C@H](Sc1ccc(Cl)cc1)C(=O)NNC(=O)c1csc(N2CCOCC2)n1. The number of benzene rings is 1. The van der Waals surface area contributed by atoms with Gasteiger partial charge in [0.15, 0.2) is 5.13 Å². The van der Waals surface area contributed by atoms with Crippen LogP contribution in [0.1, 0.15) is 17.4 Å². The monoisotopic (exact) mass is 426 g/mol. The van der Waals surface area contributed by atoms with E-state index in [1.807, 2.05) is 12.1 Å². The number of carbonyl (C=O) groups excluding carboxylic acids is 2. The van der Waals surface area contributed by atoms with Crippen molar-refractivity contribution in [3.63, 3.8) is 0 Å². The number of hydrogen-bond donors (Lipinski definition) is 2. The van der Waals surface area contributed by atoms with E-state index >= 15 is 0 Å². The number of aromatic nitrogens is 1. The van der Waals surface area contributed by atoms with Crippen molar-refractivity contribution in [3.05, 3.63) is 40.4 Å². The lowest BCUT2D eigenvalue weighted by Crippen LogP contribution is -2.45. The molecule has 2 heterocycles. The molecule has 2 N–H and O–H groups in total. The van der Waals surface area contributed by atoms with Gasteiger partial charge in [0, 0.05) is 28.4 Å². The fourth-order valence-electron chi connectivity index (χ4n) is 2.32. The topological polar surface area (TPSA) is 83.6 Å². The lowest BCUT2D eigenvalue weighted by atomic mass is 10.4. The number of ether oxygens (including phenoxy) is 1. The first kappa shape index (κ1) is 19.9. The van der Waals surface area contributed by atoms with E-state index in [-0.39, 0.29) is 16.9 Å². The number of thioether (sulfide) groups is 1. The summed E-state index contributed by atoms with van der Waals surface area (Å²) in [5, 5.41) is 2.72. The van der Waals surface area contributed by atoms with Crippen LogP contribution in [0.3, 0.4) is 0 Å². The molecule has 2 aromatic rings. The number of hydrazine groups is 1. The normalized spacial score (nSPS) is 15.3. The van der Waals surface area contributed by atoms with E-state index in [9.17, 15) is 9.59 Å². The van der Waals surface area contributed by atoms with Gasteiger partial charge in [-0.15, -0.1) is 23.1 Å². The molecule has 1 aromatic heterocycles. The predicted molar refractivity (Wildman–Crippen MR) is 108 cm³/mol. The van der Waals surface area contributed by atoms with Crippen molar-refractivity contribution in [3.8, 4) is 0 Å². The van der Waals surface area contributed by atoms with Crippen molar-refractivity contribution in [2.24, 2.45) is 0 Å². The average molecular weight is 427 g/mol. The molecule has 1 atom stereocenters. The van der Waals surface area contributed by atoms with Gasteiger partial charge in [0.25, 0.3) is 11.8 Å². The minimum absolute atomic E-state index is 0.278. The molecule has 1 aliphatic rings. The summed E-state index contributed by atoms with van der Waals surface area (Å²) in [5.74, 6) is -0.741. The smallest absolute Gasteiger partial charge is 0.289 e. The van der Waals surface area contributed by atoms with Crippen LogP contribution in [0.2, 0.25) is 5.02 Å². The van der Waals surface area contributed by atoms with Gasteiger partial charge >= 0.3 is 0 Å². The lowest BCUT2D eigenvalue weighted by Gasteiger charge is -2.25. The maximum absolute atomic E-state index is 12.2. The molecule has 1 aliphatic heterocycles. The molecule has 0 bridgehead atoms. The molecule has 3 rings (SSSR count). The van der Waals surface area contributed by atoms with Crippen LogP contribution in [-0.4, -0.2) is 48.4 Å². The summed E-state index contributed by atoms with van der Waals surface area (Å²) in [6.45, 7) is 4.58. The highest BCUT2D eigenvalue weighted by molar-refractivity contribution is 8.00. The van der Waals surface area contributed by atoms with Crippen molar-refractivity contribution >= 4 is 51.6 Å². The highest BCUT2D eigenvalue weighted by Crippen LogP contribution is 2.25. The zero-order chi connectivity index (χ0) is 19.2. The minimum atomic E-state index is -0.442. The number of carbonyl (C=O) groups is 2. The maximum Gasteiger partial charge on any atom is 0.289 e. The van der Waals surface area contributed by atoms with Crippen LogP contribution in [0.4, 0.5) is 5.13 Å². The van der Waals surface area contributed by atoms with Crippen molar-refractivity contribution in [2.75, 3.05) is 31.2 Å². The maximum atomic E-state index is 12.2. The molecule has 0 saturated carbocycles. The Morgan fingerprint density at radius 3 is 2.67 bits per heavy atom. The van der Waals surface area contributed by atoms with Gasteiger partial charge in [-0.25, -0.2) is 4.98 Å². The van der Waals surface area contributed by atoms with Crippen molar-refractivity contribution in [1.29, 1.82) is 0 Å². The van der Waals surface area contributed by atoms with Crippen LogP contribution in [0.15, 0.2) is 34.5 Å². The summed E-state index contributed by atoms with van der Waals surface area (Å²) >= 11 is 8.63. The number of thiazole rings is 1. The molecule has 10 heteroatoms. The Morgan fingerprint density at radius 1 is 1.26 bits per heavy atom.